The Kier molecular flexibility index (Phi) is 8.06. The van der Waals surface area contributed by atoms with E-state index in [0.29, 0.717) is 17.2 Å². The monoisotopic (exact) mass is 552 g/mol. The summed E-state index contributed by atoms with van der Waals surface area (Å²) in [6.45, 7) is 0. The van der Waals surface area contributed by atoms with E-state index in [0.717, 1.165) is 4.90 Å². The Bertz CT molecular complexity index is 1510. The fourth-order valence-corrected chi connectivity index (χ4v) is 8.83. The van der Waals surface area contributed by atoms with Gasteiger partial charge in [0.2, 0.25) is 0 Å². The second-order valence-corrected chi connectivity index (χ2v) is 12.3. The van der Waals surface area contributed by atoms with Crippen LogP contribution in [0.1, 0.15) is 0 Å². The van der Waals surface area contributed by atoms with E-state index in [9.17, 15) is 0 Å². The Morgan fingerprint density at radius 2 is 0.683 bits per heavy atom. The van der Waals surface area contributed by atoms with E-state index < -0.39 is 17.3 Å². The van der Waals surface area contributed by atoms with Crippen molar-refractivity contribution < 1.29 is 14.0 Å². The molecule has 0 bridgehead atoms. The van der Waals surface area contributed by atoms with Crippen molar-refractivity contribution in [2.45, 2.75) is 19.6 Å². The van der Waals surface area contributed by atoms with E-state index in [2.05, 4.69) is 103 Å². The molecule has 6 rings (SSSR count). The Labute approximate surface area is 243 Å². The van der Waals surface area contributed by atoms with Gasteiger partial charge in [-0.1, -0.05) is 103 Å². The zero-order chi connectivity index (χ0) is 27.7. The molecule has 0 N–H and O–H groups in total. The van der Waals surface area contributed by atoms with Gasteiger partial charge in [0.05, 0.1) is 0 Å². The summed E-state index contributed by atoms with van der Waals surface area (Å²) < 4.78 is 19.2. The summed E-state index contributed by atoms with van der Waals surface area (Å²) in [5.41, 5.74) is 0. The number of hydrogen-bond donors (Lipinski definition) is 0. The summed E-state index contributed by atoms with van der Waals surface area (Å²) in [7, 11) is -3.00. The van der Waals surface area contributed by atoms with Crippen molar-refractivity contribution in [1.29, 1.82) is 0 Å². The normalized spacial score (nSPS) is 11.3. The van der Waals surface area contributed by atoms with Gasteiger partial charge in [0.15, 0.2) is 0 Å². The molecule has 0 aromatic heterocycles. The van der Waals surface area contributed by atoms with E-state index in [1.54, 1.807) is 0 Å². The van der Waals surface area contributed by atoms with Gasteiger partial charge in [-0.05, 0) is 72.8 Å². The van der Waals surface area contributed by atoms with Gasteiger partial charge >= 0.3 is 7.32 Å². The van der Waals surface area contributed by atoms with Crippen molar-refractivity contribution in [3.63, 3.8) is 0 Å². The molecule has 3 nitrogen and oxygen atoms in total. The highest BCUT2D eigenvalue weighted by Crippen LogP contribution is 2.75. The lowest BCUT2D eigenvalue weighted by atomic mass is 10.2. The Morgan fingerprint density at radius 1 is 0.341 bits per heavy atom. The van der Waals surface area contributed by atoms with Crippen molar-refractivity contribution in [2.24, 2.45) is 0 Å². The molecule has 6 aromatic rings. The molecule has 5 heteroatoms. The molecule has 0 atom stereocenters. The molecule has 200 valence electrons. The number of hydrogen-bond acceptors (Lipinski definition) is 3. The highest BCUT2D eigenvalue weighted by atomic mass is 32.3. The van der Waals surface area contributed by atoms with E-state index in [4.69, 9.17) is 14.0 Å². The zero-order valence-corrected chi connectivity index (χ0v) is 23.3. The fourth-order valence-electron chi connectivity index (χ4n) is 4.86. The smallest absolute Gasteiger partial charge is 0.490 e. The van der Waals surface area contributed by atoms with Crippen LogP contribution in [0, 0.1) is 0 Å². The molecule has 0 saturated carbocycles. The van der Waals surface area contributed by atoms with Gasteiger partial charge in [-0.15, -0.1) is 10.0 Å². The van der Waals surface area contributed by atoms with Gasteiger partial charge in [-0.25, -0.2) is 0 Å². The lowest BCUT2D eigenvalue weighted by Gasteiger charge is -2.42. The van der Waals surface area contributed by atoms with Gasteiger partial charge in [0.1, 0.15) is 17.2 Å². The van der Waals surface area contributed by atoms with Crippen LogP contribution in [0.25, 0.3) is 0 Å². The second-order valence-electron chi connectivity index (χ2n) is 9.27. The standard InChI is InChI=1S/C36H29BO3S/c1-6-18-30(19-7-1)38-37(39-31-20-8-2-9-21-31)40-35-28-16-17-29-36(35)41(32-22-10-3-11-23-32,33-24-12-4-13-25-33)34-26-14-5-15-27-34/h1-29H. The van der Waals surface area contributed by atoms with Crippen molar-refractivity contribution in [3.8, 4) is 17.2 Å². The SMILES string of the molecule is c1ccc(OB(Oc2ccccc2)Oc2ccccc2S(c2ccccc2)(c2ccccc2)c2ccccc2)cc1. The van der Waals surface area contributed by atoms with E-state index in [1.165, 1.54) is 14.7 Å². The highest BCUT2D eigenvalue weighted by molar-refractivity contribution is 8.34. The maximum atomic E-state index is 6.70. The molecular formula is C36H29BO3S. The maximum Gasteiger partial charge on any atom is 0.864 e. The predicted octanol–water partition coefficient (Wildman–Crippen LogP) is 9.55. The predicted molar refractivity (Wildman–Crippen MR) is 167 cm³/mol. The van der Waals surface area contributed by atoms with E-state index in [-0.39, 0.29) is 0 Å². The van der Waals surface area contributed by atoms with Crippen LogP contribution >= 0.6 is 10.0 Å². The summed E-state index contributed by atoms with van der Waals surface area (Å²) in [5.74, 6) is 1.99. The molecule has 0 amide bonds. The van der Waals surface area contributed by atoms with Crippen LogP contribution in [0.3, 0.4) is 0 Å². The molecule has 0 aliphatic carbocycles. The third-order valence-corrected chi connectivity index (χ3v) is 10.6. The lowest BCUT2D eigenvalue weighted by molar-refractivity contribution is 0.304. The van der Waals surface area contributed by atoms with Gasteiger partial charge in [-0.3, -0.25) is 0 Å². The van der Waals surface area contributed by atoms with Crippen LogP contribution in [0.4, 0.5) is 0 Å². The minimum Gasteiger partial charge on any atom is -0.490 e. The Hall–Kier alpha value is -4.87. The molecule has 0 spiro atoms. The fraction of sp³-hybridized carbons (Fsp3) is 0. The summed E-state index contributed by atoms with van der Waals surface area (Å²) >= 11 is 0. The first-order chi connectivity index (χ1) is 20.3. The molecule has 0 radical (unpaired) electrons. The van der Waals surface area contributed by atoms with Crippen LogP contribution in [-0.2, 0) is 0 Å². The Balaban J connectivity index is 1.53. The average molecular weight is 553 g/mol. The van der Waals surface area contributed by atoms with E-state index >= 15 is 0 Å². The van der Waals surface area contributed by atoms with Crippen LogP contribution in [-0.4, -0.2) is 7.32 Å². The molecule has 0 saturated heterocycles. The van der Waals surface area contributed by atoms with Crippen LogP contribution < -0.4 is 14.0 Å². The highest BCUT2D eigenvalue weighted by Gasteiger charge is 2.38. The van der Waals surface area contributed by atoms with Gasteiger partial charge in [0, 0.05) is 19.6 Å². The molecule has 0 aliphatic heterocycles. The second kappa shape index (κ2) is 12.5. The van der Waals surface area contributed by atoms with Crippen LogP contribution in [0.5, 0.6) is 17.2 Å². The van der Waals surface area contributed by atoms with Gasteiger partial charge < -0.3 is 14.0 Å². The number of rotatable bonds is 10. The summed E-state index contributed by atoms with van der Waals surface area (Å²) in [5, 5.41) is 0. The average Bonchev–Trinajstić information content (AvgIpc) is 3.05. The van der Waals surface area contributed by atoms with Gasteiger partial charge in [-0.2, -0.15) is 0 Å². The first-order valence-corrected chi connectivity index (χ1v) is 15.1. The molecule has 0 heterocycles. The van der Waals surface area contributed by atoms with Crippen molar-refractivity contribution in [2.75, 3.05) is 0 Å². The van der Waals surface area contributed by atoms with E-state index in [1.807, 2.05) is 72.8 Å². The molecule has 0 aliphatic rings. The zero-order valence-electron chi connectivity index (χ0n) is 22.5. The number of benzene rings is 6. The summed E-state index contributed by atoms with van der Waals surface area (Å²) in [6.07, 6.45) is 0. The van der Waals surface area contributed by atoms with Crippen molar-refractivity contribution in [3.05, 3.63) is 176 Å². The molecule has 41 heavy (non-hydrogen) atoms. The van der Waals surface area contributed by atoms with Gasteiger partial charge in [0.25, 0.3) is 0 Å². The number of para-hydroxylation sites is 3. The minimum absolute atomic E-state index is 0.652. The van der Waals surface area contributed by atoms with Crippen LogP contribution in [0.15, 0.2) is 196 Å². The minimum atomic E-state index is -1.97. The molecular weight excluding hydrogens is 523 g/mol. The summed E-state index contributed by atoms with van der Waals surface area (Å²) in [4.78, 5) is 4.68. The van der Waals surface area contributed by atoms with Crippen molar-refractivity contribution >= 4 is 17.3 Å². The largest absolute Gasteiger partial charge is 0.864 e. The first kappa shape index (κ1) is 26.4. The first-order valence-electron chi connectivity index (χ1n) is 13.5. The summed E-state index contributed by atoms with van der Waals surface area (Å²) in [6, 6.07) is 59.5. The van der Waals surface area contributed by atoms with Crippen LogP contribution in [0.2, 0.25) is 0 Å². The quantitative estimate of drug-likeness (QED) is 0.158. The molecule has 0 unspecified atom stereocenters. The topological polar surface area (TPSA) is 27.7 Å². The maximum absolute atomic E-state index is 6.70. The third kappa shape index (κ3) is 5.72. The lowest BCUT2D eigenvalue weighted by Crippen LogP contribution is -2.37. The Morgan fingerprint density at radius 3 is 1.10 bits per heavy atom. The third-order valence-electron chi connectivity index (χ3n) is 6.64. The molecule has 6 aromatic carbocycles. The molecule has 0 fully saturated rings. The van der Waals surface area contributed by atoms with Crippen molar-refractivity contribution in [1.82, 2.24) is 0 Å².